The molecule has 1 amide bonds. The zero-order chi connectivity index (χ0) is 14.9. The highest BCUT2D eigenvalue weighted by Gasteiger charge is 2.14. The average molecular weight is 335 g/mol. The fourth-order valence-electron chi connectivity index (χ4n) is 1.55. The summed E-state index contributed by atoms with van der Waals surface area (Å²) in [4.78, 5) is 23.6. The number of hydrogen-bond donors (Lipinski definition) is 1. The van der Waals surface area contributed by atoms with Gasteiger partial charge in [0, 0.05) is 18.8 Å². The number of halogens is 3. The molecule has 0 aliphatic rings. The van der Waals surface area contributed by atoms with E-state index in [2.05, 4.69) is 5.32 Å². The number of aromatic nitrogens is 1. The fraction of sp³-hybridized carbons (Fsp3) is 0.167. The lowest BCUT2D eigenvalue weighted by Gasteiger charge is -2.07. The minimum Gasteiger partial charge on any atom is -0.320 e. The largest absolute Gasteiger partial charge is 0.320 e. The zero-order valence-corrected chi connectivity index (χ0v) is 12.6. The van der Waals surface area contributed by atoms with E-state index in [0.29, 0.717) is 15.8 Å². The molecule has 0 aliphatic carbocycles. The van der Waals surface area contributed by atoms with Gasteiger partial charge in [-0.15, -0.1) is 11.3 Å². The number of carbonyl (C=O) groups excluding carboxylic acids is 1. The molecular weight excluding hydrogens is 326 g/mol. The maximum Gasteiger partial charge on any atom is 0.286 e. The van der Waals surface area contributed by atoms with Crippen molar-refractivity contribution in [2.75, 3.05) is 5.32 Å². The number of aryl methyl sites for hydroxylation is 1. The van der Waals surface area contributed by atoms with E-state index in [0.717, 1.165) is 17.4 Å². The first-order chi connectivity index (χ1) is 9.42. The first kappa shape index (κ1) is 15.0. The molecule has 0 aliphatic heterocycles. The lowest BCUT2D eigenvalue weighted by Crippen LogP contribution is -2.23. The molecule has 0 fully saturated rings. The van der Waals surface area contributed by atoms with Gasteiger partial charge in [0.05, 0.1) is 15.6 Å². The molecule has 106 valence electrons. The van der Waals surface area contributed by atoms with Crippen LogP contribution in [0.2, 0.25) is 9.36 Å². The Labute approximate surface area is 127 Å². The maximum atomic E-state index is 13.4. The van der Waals surface area contributed by atoms with Gasteiger partial charge in [-0.05, 0) is 13.0 Å². The van der Waals surface area contributed by atoms with Gasteiger partial charge in [0.15, 0.2) is 5.82 Å². The summed E-state index contributed by atoms with van der Waals surface area (Å²) in [6.07, 6.45) is 1.38. The minimum atomic E-state index is -0.924. The van der Waals surface area contributed by atoms with E-state index in [4.69, 9.17) is 23.2 Å². The fourth-order valence-corrected chi connectivity index (χ4v) is 2.82. The first-order valence-corrected chi connectivity index (χ1v) is 7.15. The van der Waals surface area contributed by atoms with E-state index < -0.39 is 17.3 Å². The van der Waals surface area contributed by atoms with Gasteiger partial charge in [0.2, 0.25) is 0 Å². The van der Waals surface area contributed by atoms with Crippen LogP contribution in [0.15, 0.2) is 23.1 Å². The number of nitrogens with one attached hydrogen (secondary N) is 1. The van der Waals surface area contributed by atoms with E-state index in [1.165, 1.54) is 16.8 Å². The number of anilines is 1. The maximum absolute atomic E-state index is 13.4. The van der Waals surface area contributed by atoms with Gasteiger partial charge in [0.25, 0.3) is 11.5 Å². The van der Waals surface area contributed by atoms with Crippen LogP contribution in [-0.4, -0.2) is 10.5 Å². The number of rotatable bonds is 3. The highest BCUT2D eigenvalue weighted by atomic mass is 35.5. The van der Waals surface area contributed by atoms with Crippen LogP contribution in [0.5, 0.6) is 0 Å². The van der Waals surface area contributed by atoms with Crippen molar-refractivity contribution in [2.45, 2.75) is 13.5 Å². The van der Waals surface area contributed by atoms with Crippen molar-refractivity contribution in [1.82, 2.24) is 4.57 Å². The molecule has 0 spiro atoms. The van der Waals surface area contributed by atoms with E-state index in [9.17, 15) is 14.0 Å². The molecule has 20 heavy (non-hydrogen) atoms. The summed E-state index contributed by atoms with van der Waals surface area (Å²) >= 11 is 12.6. The van der Waals surface area contributed by atoms with Crippen molar-refractivity contribution in [2.24, 2.45) is 0 Å². The molecule has 1 N–H and O–H groups in total. The molecule has 0 radical (unpaired) electrons. The SMILES string of the molecule is CCn1cc(NC(=O)c2cc(Cl)c(Cl)s2)cc(F)c1=O. The third-order valence-corrected chi connectivity index (χ3v) is 4.37. The summed E-state index contributed by atoms with van der Waals surface area (Å²) in [5, 5.41) is 2.78. The first-order valence-electron chi connectivity index (χ1n) is 5.58. The topological polar surface area (TPSA) is 51.1 Å². The van der Waals surface area contributed by atoms with Crippen molar-refractivity contribution in [1.29, 1.82) is 0 Å². The third kappa shape index (κ3) is 3.03. The molecule has 2 aromatic rings. The van der Waals surface area contributed by atoms with Crippen LogP contribution >= 0.6 is 34.5 Å². The number of pyridine rings is 1. The smallest absolute Gasteiger partial charge is 0.286 e. The van der Waals surface area contributed by atoms with Crippen molar-refractivity contribution in [3.8, 4) is 0 Å². The van der Waals surface area contributed by atoms with Gasteiger partial charge in [-0.25, -0.2) is 4.39 Å². The standard InChI is InChI=1S/C12H9Cl2FN2O2S/c1-2-17-5-6(3-8(15)12(17)19)16-11(18)9-4-7(13)10(14)20-9/h3-5H,2H2,1H3,(H,16,18). The summed E-state index contributed by atoms with van der Waals surface area (Å²) in [6, 6.07) is 2.40. The highest BCUT2D eigenvalue weighted by molar-refractivity contribution is 7.18. The number of thiophene rings is 1. The second kappa shape index (κ2) is 5.95. The molecule has 0 atom stereocenters. The Hall–Kier alpha value is -1.37. The van der Waals surface area contributed by atoms with Crippen LogP contribution in [-0.2, 0) is 6.54 Å². The van der Waals surface area contributed by atoms with Gasteiger partial charge in [0.1, 0.15) is 4.34 Å². The Balaban J connectivity index is 2.28. The van der Waals surface area contributed by atoms with Crippen LogP contribution < -0.4 is 10.9 Å². The van der Waals surface area contributed by atoms with Crippen LogP contribution in [0, 0.1) is 5.82 Å². The van der Waals surface area contributed by atoms with E-state index in [1.54, 1.807) is 6.92 Å². The predicted molar refractivity (Wildman–Crippen MR) is 78.6 cm³/mol. The Bertz CT molecular complexity index is 707. The molecule has 0 unspecified atom stereocenters. The lowest BCUT2D eigenvalue weighted by atomic mass is 10.3. The number of hydrogen-bond acceptors (Lipinski definition) is 3. The van der Waals surface area contributed by atoms with Gasteiger partial charge in [-0.3, -0.25) is 9.59 Å². The molecule has 2 heterocycles. The van der Waals surface area contributed by atoms with Gasteiger partial charge in [-0.2, -0.15) is 0 Å². The quantitative estimate of drug-likeness (QED) is 0.931. The molecule has 0 bridgehead atoms. The Morgan fingerprint density at radius 1 is 1.45 bits per heavy atom. The summed E-state index contributed by atoms with van der Waals surface area (Å²) < 4.78 is 14.9. The van der Waals surface area contributed by atoms with Crippen molar-refractivity contribution >= 4 is 46.1 Å². The summed E-state index contributed by atoms with van der Waals surface area (Å²) in [5.41, 5.74) is -0.540. The van der Waals surface area contributed by atoms with E-state index >= 15 is 0 Å². The average Bonchev–Trinajstić information content (AvgIpc) is 2.74. The predicted octanol–water partition coefficient (Wildman–Crippen LogP) is 3.63. The van der Waals surface area contributed by atoms with Crippen LogP contribution in [0.4, 0.5) is 10.1 Å². The van der Waals surface area contributed by atoms with Gasteiger partial charge in [-0.1, -0.05) is 23.2 Å². The second-order valence-electron chi connectivity index (χ2n) is 3.85. The van der Waals surface area contributed by atoms with Crippen LogP contribution in [0.3, 0.4) is 0 Å². The Kier molecular flexibility index (Phi) is 4.47. The summed E-state index contributed by atoms with van der Waals surface area (Å²) in [7, 11) is 0. The normalized spacial score (nSPS) is 10.6. The second-order valence-corrected chi connectivity index (χ2v) is 5.92. The van der Waals surface area contributed by atoms with Crippen molar-refractivity contribution in [3.63, 3.8) is 0 Å². The van der Waals surface area contributed by atoms with Crippen molar-refractivity contribution < 1.29 is 9.18 Å². The van der Waals surface area contributed by atoms with Gasteiger partial charge < -0.3 is 9.88 Å². The molecule has 2 rings (SSSR count). The highest BCUT2D eigenvalue weighted by Crippen LogP contribution is 2.31. The number of nitrogens with zero attached hydrogens (tertiary/aromatic N) is 1. The lowest BCUT2D eigenvalue weighted by molar-refractivity contribution is 0.103. The molecular formula is C12H9Cl2FN2O2S. The number of carbonyl (C=O) groups is 1. The Morgan fingerprint density at radius 2 is 2.15 bits per heavy atom. The van der Waals surface area contributed by atoms with Crippen molar-refractivity contribution in [3.05, 3.63) is 48.7 Å². The summed E-state index contributed by atoms with van der Waals surface area (Å²) in [6.45, 7) is 2.00. The zero-order valence-electron chi connectivity index (χ0n) is 10.2. The Morgan fingerprint density at radius 3 is 2.70 bits per heavy atom. The monoisotopic (exact) mass is 334 g/mol. The molecule has 0 aromatic carbocycles. The minimum absolute atomic E-state index is 0.189. The third-order valence-electron chi connectivity index (χ3n) is 2.51. The number of amides is 1. The molecule has 0 saturated carbocycles. The van der Waals surface area contributed by atoms with Crippen LogP contribution in [0.1, 0.15) is 16.6 Å². The van der Waals surface area contributed by atoms with Gasteiger partial charge >= 0.3 is 0 Å². The summed E-state index contributed by atoms with van der Waals surface area (Å²) in [5.74, 6) is -1.39. The van der Waals surface area contributed by atoms with E-state index in [-0.39, 0.29) is 10.7 Å². The molecule has 4 nitrogen and oxygen atoms in total. The molecule has 0 saturated heterocycles. The molecule has 8 heteroatoms. The van der Waals surface area contributed by atoms with E-state index in [1.807, 2.05) is 0 Å². The molecule has 2 aromatic heterocycles. The van der Waals surface area contributed by atoms with Crippen LogP contribution in [0.25, 0.3) is 0 Å².